The minimum atomic E-state index is -0.908. The Hall–Kier alpha value is -1.59. The van der Waals surface area contributed by atoms with Crippen molar-refractivity contribution in [1.82, 2.24) is 10.2 Å². The van der Waals surface area contributed by atoms with Crippen molar-refractivity contribution in [2.75, 3.05) is 20.6 Å². The lowest BCUT2D eigenvalue weighted by molar-refractivity contribution is -0.140. The number of hydrogen-bond donors (Lipinski definition) is 2. The molecule has 5 nitrogen and oxygen atoms in total. The first-order valence-electron chi connectivity index (χ1n) is 7.58. The number of likely N-dealkylation sites (N-methyl/N-ethyl adjacent to an activating group) is 1. The van der Waals surface area contributed by atoms with E-state index in [1.165, 1.54) is 0 Å². The molecule has 0 spiro atoms. The Morgan fingerprint density at radius 3 is 2.48 bits per heavy atom. The second-order valence-corrected chi connectivity index (χ2v) is 7.33. The van der Waals surface area contributed by atoms with Gasteiger partial charge in [-0.1, -0.05) is 37.6 Å². The van der Waals surface area contributed by atoms with E-state index in [0.717, 1.165) is 5.56 Å². The van der Waals surface area contributed by atoms with Crippen LogP contribution < -0.4 is 5.32 Å². The maximum atomic E-state index is 12.3. The van der Waals surface area contributed by atoms with E-state index in [1.807, 2.05) is 51.0 Å². The zero-order valence-corrected chi connectivity index (χ0v) is 14.6. The zero-order valence-electron chi connectivity index (χ0n) is 13.8. The Morgan fingerprint density at radius 1 is 1.35 bits per heavy atom. The summed E-state index contributed by atoms with van der Waals surface area (Å²) in [6, 6.07) is 7.49. The predicted octanol–water partition coefficient (Wildman–Crippen LogP) is 2.42. The van der Waals surface area contributed by atoms with Crippen LogP contribution in [0.25, 0.3) is 0 Å². The molecule has 1 aliphatic rings. The van der Waals surface area contributed by atoms with Gasteiger partial charge in [-0.05, 0) is 37.2 Å². The Kier molecular flexibility index (Phi) is 5.01. The van der Waals surface area contributed by atoms with Crippen LogP contribution in [0.5, 0.6) is 0 Å². The van der Waals surface area contributed by atoms with Crippen molar-refractivity contribution in [2.45, 2.75) is 19.9 Å². The first kappa shape index (κ1) is 17.8. The first-order valence-corrected chi connectivity index (χ1v) is 7.96. The van der Waals surface area contributed by atoms with Gasteiger partial charge in [0.05, 0.1) is 17.9 Å². The fourth-order valence-corrected chi connectivity index (χ4v) is 3.41. The maximum absolute atomic E-state index is 12.3. The minimum absolute atomic E-state index is 0.0252. The number of amides is 1. The summed E-state index contributed by atoms with van der Waals surface area (Å²) in [7, 11) is 3.86. The van der Waals surface area contributed by atoms with Gasteiger partial charge in [0.15, 0.2) is 0 Å². The molecule has 1 amide bonds. The minimum Gasteiger partial charge on any atom is -0.481 e. The second-order valence-electron chi connectivity index (χ2n) is 6.89. The number of nitrogens with zero attached hydrogens (tertiary/aromatic N) is 1. The van der Waals surface area contributed by atoms with Crippen LogP contribution in [-0.2, 0) is 9.59 Å². The molecule has 0 radical (unpaired) electrons. The van der Waals surface area contributed by atoms with Crippen molar-refractivity contribution in [1.29, 1.82) is 0 Å². The van der Waals surface area contributed by atoms with E-state index < -0.39 is 23.2 Å². The van der Waals surface area contributed by atoms with Crippen LogP contribution in [0.3, 0.4) is 0 Å². The lowest BCUT2D eigenvalue weighted by atomic mass is 10.1. The van der Waals surface area contributed by atoms with Gasteiger partial charge in [0.1, 0.15) is 0 Å². The number of aliphatic carboxylic acids is 1. The average molecular weight is 339 g/mol. The quantitative estimate of drug-likeness (QED) is 0.835. The van der Waals surface area contributed by atoms with Crippen molar-refractivity contribution in [3.8, 4) is 0 Å². The third kappa shape index (κ3) is 3.67. The molecule has 0 unspecified atom stereocenters. The van der Waals surface area contributed by atoms with Gasteiger partial charge in [0, 0.05) is 11.6 Å². The van der Waals surface area contributed by atoms with Crippen molar-refractivity contribution in [3.05, 3.63) is 34.9 Å². The molecular formula is C17H23ClN2O3. The van der Waals surface area contributed by atoms with E-state index in [0.29, 0.717) is 11.6 Å². The molecule has 1 aromatic rings. The number of carbonyl (C=O) groups is 2. The molecule has 1 aromatic carbocycles. The molecular weight excluding hydrogens is 316 g/mol. The normalized spacial score (nSPS) is 23.4. The highest BCUT2D eigenvalue weighted by atomic mass is 35.5. The number of carboxylic acids is 1. The van der Waals surface area contributed by atoms with Crippen molar-refractivity contribution < 1.29 is 14.7 Å². The highest BCUT2D eigenvalue weighted by molar-refractivity contribution is 6.30. The van der Waals surface area contributed by atoms with Crippen molar-refractivity contribution in [3.63, 3.8) is 0 Å². The molecule has 0 aliphatic heterocycles. The summed E-state index contributed by atoms with van der Waals surface area (Å²) >= 11 is 6.04. The highest BCUT2D eigenvalue weighted by Crippen LogP contribution is 2.58. The SMILES string of the molecule is CN(C)[C@@H](CNC(=O)[C@@H]1[C@@H](C(=O)O)C1(C)C)c1cccc(Cl)c1. The third-order valence-electron chi connectivity index (χ3n) is 4.70. The molecule has 0 aromatic heterocycles. The summed E-state index contributed by atoms with van der Waals surface area (Å²) in [6.07, 6.45) is 0. The molecule has 23 heavy (non-hydrogen) atoms. The van der Waals surface area contributed by atoms with Crippen LogP contribution in [0, 0.1) is 17.3 Å². The van der Waals surface area contributed by atoms with Crippen LogP contribution in [-0.4, -0.2) is 42.5 Å². The summed E-state index contributed by atoms with van der Waals surface area (Å²) in [6.45, 7) is 4.04. The predicted molar refractivity (Wildman–Crippen MR) is 89.3 cm³/mol. The van der Waals surface area contributed by atoms with E-state index in [-0.39, 0.29) is 11.9 Å². The number of hydrogen-bond acceptors (Lipinski definition) is 3. The van der Waals surface area contributed by atoms with Gasteiger partial charge in [-0.3, -0.25) is 9.59 Å². The average Bonchev–Trinajstić information content (AvgIpc) is 3.01. The molecule has 0 heterocycles. The van der Waals surface area contributed by atoms with E-state index in [9.17, 15) is 14.7 Å². The van der Waals surface area contributed by atoms with Crippen molar-refractivity contribution in [2.24, 2.45) is 17.3 Å². The number of rotatable bonds is 6. The smallest absolute Gasteiger partial charge is 0.307 e. The fraction of sp³-hybridized carbons (Fsp3) is 0.529. The van der Waals surface area contributed by atoms with Gasteiger partial charge in [-0.15, -0.1) is 0 Å². The maximum Gasteiger partial charge on any atom is 0.307 e. The van der Waals surface area contributed by atoms with Gasteiger partial charge >= 0.3 is 5.97 Å². The molecule has 2 rings (SSSR count). The van der Waals surface area contributed by atoms with E-state index in [1.54, 1.807) is 6.07 Å². The standard InChI is InChI=1S/C17H23ClN2O3/c1-17(2)13(14(17)16(22)23)15(21)19-9-12(20(3)4)10-6-5-7-11(18)8-10/h5-8,12-14H,9H2,1-4H3,(H,19,21)(H,22,23)/t12-,13-,14-/m0/s1. The topological polar surface area (TPSA) is 69.6 Å². The lowest BCUT2D eigenvalue weighted by Gasteiger charge is -2.25. The monoisotopic (exact) mass is 338 g/mol. The van der Waals surface area contributed by atoms with Gasteiger partial charge in [0.2, 0.25) is 5.91 Å². The van der Waals surface area contributed by atoms with Crippen molar-refractivity contribution >= 4 is 23.5 Å². The molecule has 2 N–H and O–H groups in total. The fourth-order valence-electron chi connectivity index (χ4n) is 3.21. The number of halogens is 1. The van der Waals surface area contributed by atoms with E-state index in [4.69, 9.17) is 11.6 Å². The molecule has 1 aliphatic carbocycles. The van der Waals surface area contributed by atoms with Crippen LogP contribution in [0.1, 0.15) is 25.5 Å². The highest BCUT2D eigenvalue weighted by Gasteiger charge is 2.65. The van der Waals surface area contributed by atoms with Gasteiger partial charge in [-0.25, -0.2) is 0 Å². The number of nitrogens with one attached hydrogen (secondary N) is 1. The molecule has 6 heteroatoms. The molecule has 3 atom stereocenters. The summed E-state index contributed by atoms with van der Waals surface area (Å²) in [5, 5.41) is 12.7. The zero-order chi connectivity index (χ0) is 17.4. The summed E-state index contributed by atoms with van der Waals surface area (Å²) < 4.78 is 0. The lowest BCUT2D eigenvalue weighted by Crippen LogP contribution is -2.36. The third-order valence-corrected chi connectivity index (χ3v) is 4.94. The summed E-state index contributed by atoms with van der Waals surface area (Å²) in [4.78, 5) is 25.5. The Balaban J connectivity index is 2.03. The molecule has 126 valence electrons. The van der Waals surface area contributed by atoms with Crippen LogP contribution in [0.2, 0.25) is 5.02 Å². The van der Waals surface area contributed by atoms with Crippen LogP contribution in [0.4, 0.5) is 0 Å². The van der Waals surface area contributed by atoms with Gasteiger partial charge < -0.3 is 15.3 Å². The Bertz CT molecular complexity index is 616. The van der Waals surface area contributed by atoms with E-state index in [2.05, 4.69) is 5.32 Å². The Morgan fingerprint density at radius 2 is 2.00 bits per heavy atom. The Labute approximate surface area is 141 Å². The van der Waals surface area contributed by atoms with E-state index >= 15 is 0 Å². The number of benzene rings is 1. The summed E-state index contributed by atoms with van der Waals surface area (Å²) in [5.74, 6) is -2.18. The first-order chi connectivity index (χ1) is 10.7. The van der Waals surface area contributed by atoms with Crippen LogP contribution in [0.15, 0.2) is 24.3 Å². The molecule has 1 saturated carbocycles. The number of carboxylic acid groups (broad SMARTS) is 1. The summed E-state index contributed by atoms with van der Waals surface area (Å²) in [5.41, 5.74) is 0.521. The van der Waals surface area contributed by atoms with Gasteiger partial charge in [0.25, 0.3) is 0 Å². The molecule has 0 bridgehead atoms. The molecule has 1 fully saturated rings. The molecule has 0 saturated heterocycles. The second kappa shape index (κ2) is 6.49. The number of carbonyl (C=O) groups excluding carboxylic acids is 1. The largest absolute Gasteiger partial charge is 0.481 e. The van der Waals surface area contributed by atoms with Crippen LogP contribution >= 0.6 is 11.6 Å². The van der Waals surface area contributed by atoms with Gasteiger partial charge in [-0.2, -0.15) is 0 Å².